The average molecular weight is 771 g/mol. The third-order valence-electron chi connectivity index (χ3n) is 6.79. The van der Waals surface area contributed by atoms with Gasteiger partial charge in [-0.15, -0.1) is 9.66 Å². The summed E-state index contributed by atoms with van der Waals surface area (Å²) in [5.74, 6) is -2.28. The second kappa shape index (κ2) is 16.0. The summed E-state index contributed by atoms with van der Waals surface area (Å²) < 4.78 is 49.8. The van der Waals surface area contributed by atoms with Gasteiger partial charge in [0.1, 0.15) is 8.64 Å². The van der Waals surface area contributed by atoms with Gasteiger partial charge in [0.15, 0.2) is 0 Å². The number of nitrogens with one attached hydrogen (secondary N) is 4. The third-order valence-corrected chi connectivity index (χ3v) is 12.3. The van der Waals surface area contributed by atoms with Crippen LogP contribution in [0.2, 0.25) is 0 Å². The summed E-state index contributed by atoms with van der Waals surface area (Å²) in [4.78, 5) is 57.7. The van der Waals surface area contributed by atoms with E-state index >= 15 is 0 Å². The first-order valence-corrected chi connectivity index (χ1v) is 19.6. The number of sulfonamides is 2. The topological polar surface area (TPSA) is 191 Å². The Morgan fingerprint density at radius 3 is 1.31 bits per heavy atom. The standard InChI is InChI=1S/C28H30N6O8S6/c1-17-7-11-19(12-8-17)47(39,40)31-29-21(35)5-3-15-33-25(37)23(45-27(33)43)24-26(38)34(28(44)46-24)16-4-6-22(36)30-32-48(41,42)20-13-9-18(2)10-14-20/h7-14,31-32H,3-6,15-16H2,1-2H3,(H,29,35)(H,30,36)/b24-23+. The number of hydrazine groups is 2. The van der Waals surface area contributed by atoms with Gasteiger partial charge in [0.25, 0.3) is 31.9 Å². The molecule has 0 spiro atoms. The van der Waals surface area contributed by atoms with Crippen LogP contribution in [0.1, 0.15) is 36.8 Å². The minimum Gasteiger partial charge on any atom is -0.293 e. The molecule has 0 unspecified atom stereocenters. The highest BCUT2D eigenvalue weighted by atomic mass is 32.2. The minimum absolute atomic E-state index is 0.0126. The van der Waals surface area contributed by atoms with Crippen molar-refractivity contribution in [1.29, 1.82) is 0 Å². The second-order valence-corrected chi connectivity index (χ2v) is 17.1. The highest BCUT2D eigenvalue weighted by molar-refractivity contribution is 8.29. The largest absolute Gasteiger partial charge is 0.293 e. The molecule has 0 saturated carbocycles. The molecule has 0 bridgehead atoms. The van der Waals surface area contributed by atoms with Crippen molar-refractivity contribution in [1.82, 2.24) is 30.3 Å². The van der Waals surface area contributed by atoms with E-state index in [1.807, 2.05) is 23.5 Å². The number of thioether (sulfide) groups is 2. The van der Waals surface area contributed by atoms with E-state index in [9.17, 15) is 36.0 Å². The van der Waals surface area contributed by atoms with Gasteiger partial charge in [0.05, 0.1) is 19.6 Å². The predicted molar refractivity (Wildman–Crippen MR) is 189 cm³/mol. The Balaban J connectivity index is 1.23. The molecule has 20 heteroatoms. The molecule has 14 nitrogen and oxygen atoms in total. The first kappa shape index (κ1) is 37.6. The lowest BCUT2D eigenvalue weighted by atomic mass is 10.2. The lowest BCUT2D eigenvalue weighted by Crippen LogP contribution is -2.41. The first-order chi connectivity index (χ1) is 22.6. The van der Waals surface area contributed by atoms with E-state index in [0.29, 0.717) is 0 Å². The van der Waals surface area contributed by atoms with Crippen LogP contribution in [0.5, 0.6) is 0 Å². The van der Waals surface area contributed by atoms with E-state index in [1.54, 1.807) is 24.3 Å². The molecule has 2 aromatic carbocycles. The molecule has 2 saturated heterocycles. The maximum absolute atomic E-state index is 13.2. The summed E-state index contributed by atoms with van der Waals surface area (Å²) in [6, 6.07) is 12.2. The first-order valence-electron chi connectivity index (χ1n) is 14.2. The van der Waals surface area contributed by atoms with Crippen molar-refractivity contribution in [3.8, 4) is 0 Å². The van der Waals surface area contributed by atoms with Crippen molar-refractivity contribution in [3.05, 3.63) is 69.5 Å². The number of carbonyl (C=O) groups excluding carboxylic acids is 4. The van der Waals surface area contributed by atoms with Crippen LogP contribution in [0.15, 0.2) is 68.1 Å². The van der Waals surface area contributed by atoms with Gasteiger partial charge in [-0.25, -0.2) is 16.8 Å². The molecule has 4 amide bonds. The molecule has 2 aromatic rings. The predicted octanol–water partition coefficient (Wildman–Crippen LogP) is 2.12. The van der Waals surface area contributed by atoms with E-state index in [4.69, 9.17) is 24.4 Å². The summed E-state index contributed by atoms with van der Waals surface area (Å²) >= 11 is 12.5. The highest BCUT2D eigenvalue weighted by Gasteiger charge is 2.41. The van der Waals surface area contributed by atoms with Crippen LogP contribution in [0.3, 0.4) is 0 Å². The van der Waals surface area contributed by atoms with Crippen LogP contribution in [-0.4, -0.2) is 72.0 Å². The fourth-order valence-electron chi connectivity index (χ4n) is 4.18. The summed E-state index contributed by atoms with van der Waals surface area (Å²) in [7, 11) is -7.92. The molecule has 2 fully saturated rings. The van der Waals surface area contributed by atoms with Gasteiger partial charge in [0.2, 0.25) is 11.8 Å². The average Bonchev–Trinajstić information content (AvgIpc) is 3.48. The van der Waals surface area contributed by atoms with Crippen LogP contribution in [-0.2, 0) is 39.2 Å². The van der Waals surface area contributed by atoms with Crippen molar-refractivity contribution in [2.24, 2.45) is 0 Å². The molecule has 2 aliphatic heterocycles. The van der Waals surface area contributed by atoms with E-state index in [0.717, 1.165) is 34.7 Å². The molecule has 4 rings (SSSR count). The zero-order chi connectivity index (χ0) is 35.2. The van der Waals surface area contributed by atoms with Crippen LogP contribution >= 0.6 is 48.0 Å². The van der Waals surface area contributed by atoms with Crippen molar-refractivity contribution in [2.75, 3.05) is 13.1 Å². The zero-order valence-corrected chi connectivity index (χ0v) is 30.4. The molecule has 0 aromatic heterocycles. The number of hydrogen-bond donors (Lipinski definition) is 4. The van der Waals surface area contributed by atoms with Gasteiger partial charge in [-0.3, -0.25) is 39.8 Å². The molecule has 2 heterocycles. The lowest BCUT2D eigenvalue weighted by molar-refractivity contribution is -0.125. The third kappa shape index (κ3) is 9.47. The Morgan fingerprint density at radius 1 is 0.646 bits per heavy atom. The Kier molecular flexibility index (Phi) is 12.5. The van der Waals surface area contributed by atoms with Crippen molar-refractivity contribution >= 4 is 100 Å². The molecule has 256 valence electrons. The molecule has 0 atom stereocenters. The SMILES string of the molecule is Cc1ccc(S(=O)(=O)NNC(=O)CCCN2C(=O)/C(=C3\SC(=S)N(CCCC(=O)NNS(=O)(=O)c4ccc(C)cc4)C3=O)SC2=S)cc1. The number of thiocarbonyl (C=S) groups is 2. The van der Waals surface area contributed by atoms with Crippen LogP contribution in [0, 0.1) is 13.8 Å². The molecule has 0 radical (unpaired) electrons. The quantitative estimate of drug-likeness (QED) is 0.125. The minimum atomic E-state index is -3.96. The van der Waals surface area contributed by atoms with Gasteiger partial charge < -0.3 is 0 Å². The molecule has 2 aliphatic rings. The Labute approximate surface area is 296 Å². The van der Waals surface area contributed by atoms with Gasteiger partial charge in [-0.2, -0.15) is 0 Å². The van der Waals surface area contributed by atoms with E-state index in [1.165, 1.54) is 34.1 Å². The zero-order valence-electron chi connectivity index (χ0n) is 25.5. The van der Waals surface area contributed by atoms with Gasteiger partial charge in [-0.1, -0.05) is 83.4 Å². The Bertz CT molecular complexity index is 1760. The van der Waals surface area contributed by atoms with Crippen molar-refractivity contribution < 1.29 is 36.0 Å². The van der Waals surface area contributed by atoms with E-state index < -0.39 is 43.7 Å². The molecule has 48 heavy (non-hydrogen) atoms. The summed E-state index contributed by atoms with van der Waals surface area (Å²) in [6.07, 6.45) is 0.0713. The molecule has 0 aliphatic carbocycles. The maximum Gasteiger partial charge on any atom is 0.267 e. The molecular formula is C28H30N6O8S6. The lowest BCUT2D eigenvalue weighted by Gasteiger charge is -2.15. The van der Waals surface area contributed by atoms with Gasteiger partial charge in [-0.05, 0) is 51.0 Å². The highest BCUT2D eigenvalue weighted by Crippen LogP contribution is 2.42. The number of amides is 4. The molecule has 4 N–H and O–H groups in total. The fraction of sp³-hybridized carbons (Fsp3) is 0.286. The Hall–Kier alpha value is -3.24. The summed E-state index contributed by atoms with van der Waals surface area (Å²) in [5.41, 5.74) is 6.05. The van der Waals surface area contributed by atoms with Crippen LogP contribution in [0.25, 0.3) is 0 Å². The normalized spacial score (nSPS) is 17.0. The number of carbonyl (C=O) groups is 4. The number of hydrogen-bond acceptors (Lipinski definition) is 12. The smallest absolute Gasteiger partial charge is 0.267 e. The number of aryl methyl sites for hydroxylation is 2. The number of benzene rings is 2. The fourth-order valence-corrected chi connectivity index (χ4v) is 8.67. The number of rotatable bonds is 14. The van der Waals surface area contributed by atoms with Crippen LogP contribution < -0.4 is 20.5 Å². The van der Waals surface area contributed by atoms with Crippen molar-refractivity contribution in [3.63, 3.8) is 0 Å². The van der Waals surface area contributed by atoms with Crippen molar-refractivity contribution in [2.45, 2.75) is 49.3 Å². The second-order valence-electron chi connectivity index (χ2n) is 10.4. The van der Waals surface area contributed by atoms with Crippen LogP contribution in [0.4, 0.5) is 0 Å². The van der Waals surface area contributed by atoms with Gasteiger partial charge in [0, 0.05) is 25.9 Å². The summed E-state index contributed by atoms with van der Waals surface area (Å²) in [6.45, 7) is 3.73. The summed E-state index contributed by atoms with van der Waals surface area (Å²) in [5, 5.41) is 0. The van der Waals surface area contributed by atoms with E-state index in [2.05, 4.69) is 10.9 Å². The Morgan fingerprint density at radius 2 is 0.979 bits per heavy atom. The van der Waals surface area contributed by atoms with E-state index in [-0.39, 0.29) is 67.0 Å². The molecular weight excluding hydrogens is 741 g/mol. The van der Waals surface area contributed by atoms with Gasteiger partial charge >= 0.3 is 0 Å². The maximum atomic E-state index is 13.2. The monoisotopic (exact) mass is 770 g/mol. The number of nitrogens with zero attached hydrogens (tertiary/aromatic N) is 2.